The summed E-state index contributed by atoms with van der Waals surface area (Å²) < 4.78 is 0. The van der Waals surface area contributed by atoms with Crippen LogP contribution in [0.5, 0.6) is 0 Å². The number of nitrogens with zero attached hydrogens (tertiary/aromatic N) is 1. The molecule has 2 heteroatoms. The highest BCUT2D eigenvalue weighted by Gasteiger charge is 1.49. The molecule has 0 aliphatic heterocycles. The van der Waals surface area contributed by atoms with Gasteiger partial charge in [-0.2, -0.15) is 4.99 Å². The van der Waals surface area contributed by atoms with Gasteiger partial charge in [0, 0.05) is 6.20 Å². The molecule has 0 aliphatic carbocycles. The molecular weight excluding hydrogens is 78.0 g/mol. The van der Waals surface area contributed by atoms with Gasteiger partial charge in [0.05, 0.1) is 0 Å². The van der Waals surface area contributed by atoms with Crippen molar-refractivity contribution in [3.63, 3.8) is 0 Å². The fourth-order valence-electron chi connectivity index (χ4n) is 0.0909. The molecule has 0 saturated carbocycles. The maximum absolute atomic E-state index is 9.20. The molecule has 1 radical (unpaired) electrons. The van der Waals surface area contributed by atoms with E-state index < -0.39 is 0 Å². The highest BCUT2D eigenvalue weighted by atomic mass is 16.1. The predicted octanol–water partition coefficient (Wildman–Crippen LogP) is 0.659. The fourth-order valence-corrected chi connectivity index (χ4v) is 0.0909. The number of carbonyl (C=O) groups excluding carboxylic acids is 1. The maximum atomic E-state index is 9.20. The molecule has 0 rings (SSSR count). The Bertz CT molecular complexity index is 89.7. The van der Waals surface area contributed by atoms with Crippen LogP contribution in [0.3, 0.4) is 0 Å². The second-order valence-corrected chi connectivity index (χ2v) is 0.638. The Morgan fingerprint density at radius 2 is 2.50 bits per heavy atom. The van der Waals surface area contributed by atoms with E-state index >= 15 is 0 Å². The van der Waals surface area contributed by atoms with E-state index in [9.17, 15) is 4.79 Å². The minimum atomic E-state index is 1.26. The van der Waals surface area contributed by atoms with E-state index in [1.807, 2.05) is 0 Å². The van der Waals surface area contributed by atoms with Crippen molar-refractivity contribution < 1.29 is 4.79 Å². The summed E-state index contributed by atoms with van der Waals surface area (Å²) in [7, 11) is 0. The molecular formula is C4H4NO. The summed E-state index contributed by atoms with van der Waals surface area (Å²) in [6, 6.07) is 0. The van der Waals surface area contributed by atoms with Gasteiger partial charge in [-0.05, 0) is 13.0 Å². The highest BCUT2D eigenvalue weighted by molar-refractivity contribution is 5.34. The summed E-state index contributed by atoms with van der Waals surface area (Å²) in [5.41, 5.74) is 0. The first-order valence-corrected chi connectivity index (χ1v) is 1.47. The van der Waals surface area contributed by atoms with Gasteiger partial charge in [0.15, 0.2) is 0 Å². The molecule has 0 saturated heterocycles. The van der Waals surface area contributed by atoms with Gasteiger partial charge in [-0.1, -0.05) is 0 Å². The van der Waals surface area contributed by atoms with Crippen LogP contribution >= 0.6 is 0 Å². The average Bonchev–Trinajstić information content (AvgIpc) is 1.61. The fraction of sp³-hybridized carbons (Fsp3) is 0.250. The molecule has 0 aromatic heterocycles. The second-order valence-electron chi connectivity index (χ2n) is 0.638. The zero-order valence-corrected chi connectivity index (χ0v) is 3.43. The van der Waals surface area contributed by atoms with Crippen LogP contribution in [0.25, 0.3) is 0 Å². The molecule has 2 nitrogen and oxygen atoms in total. The van der Waals surface area contributed by atoms with Crippen LogP contribution in [-0.2, 0) is 4.79 Å². The topological polar surface area (TPSA) is 29.4 Å². The quantitative estimate of drug-likeness (QED) is 0.337. The number of hydrogen-bond acceptors (Lipinski definition) is 2. The first-order valence-electron chi connectivity index (χ1n) is 1.47. The molecule has 0 heterocycles. The van der Waals surface area contributed by atoms with Gasteiger partial charge in [0.1, 0.15) is 0 Å². The van der Waals surface area contributed by atoms with Gasteiger partial charge in [0.25, 0.3) is 0 Å². The lowest BCUT2D eigenvalue weighted by Gasteiger charge is -1.54. The molecule has 0 aromatic carbocycles. The summed E-state index contributed by atoms with van der Waals surface area (Å²) >= 11 is 0. The lowest BCUT2D eigenvalue weighted by atomic mass is 10.7. The molecule has 0 aromatic rings. The van der Waals surface area contributed by atoms with E-state index in [-0.39, 0.29) is 0 Å². The van der Waals surface area contributed by atoms with E-state index in [4.69, 9.17) is 0 Å². The van der Waals surface area contributed by atoms with Crippen molar-refractivity contribution in [3.8, 4) is 0 Å². The molecule has 0 spiro atoms. The van der Waals surface area contributed by atoms with Crippen molar-refractivity contribution >= 4 is 6.08 Å². The molecule has 0 bridgehead atoms. The van der Waals surface area contributed by atoms with E-state index in [0.29, 0.717) is 0 Å². The largest absolute Gasteiger partial charge is 0.239 e. The zero-order chi connectivity index (χ0) is 4.83. The Hall–Kier alpha value is -0.880. The summed E-state index contributed by atoms with van der Waals surface area (Å²) in [6.07, 6.45) is 5.10. The number of rotatable bonds is 1. The van der Waals surface area contributed by atoms with Gasteiger partial charge >= 0.3 is 0 Å². The Morgan fingerprint density at radius 3 is 2.67 bits per heavy atom. The van der Waals surface area contributed by atoms with Crippen LogP contribution < -0.4 is 0 Å². The Balaban J connectivity index is 3.33. The molecule has 0 amide bonds. The van der Waals surface area contributed by atoms with Crippen molar-refractivity contribution in [2.24, 2.45) is 4.99 Å². The van der Waals surface area contributed by atoms with Crippen LogP contribution in [0.4, 0.5) is 0 Å². The SMILES string of the molecule is C/[C]=C/N=C=O. The summed E-state index contributed by atoms with van der Waals surface area (Å²) in [6.45, 7) is 1.65. The van der Waals surface area contributed by atoms with E-state index in [0.717, 1.165) is 0 Å². The third kappa shape index (κ3) is 3.12. The molecule has 0 atom stereocenters. The maximum Gasteiger partial charge on any atom is 0.239 e. The number of hydrogen-bond donors (Lipinski definition) is 0. The number of isocyanates is 1. The third-order valence-electron chi connectivity index (χ3n) is 0.246. The van der Waals surface area contributed by atoms with E-state index in [1.54, 1.807) is 6.92 Å². The van der Waals surface area contributed by atoms with Gasteiger partial charge < -0.3 is 0 Å². The molecule has 0 unspecified atom stereocenters. The molecule has 0 N–H and O–H groups in total. The van der Waals surface area contributed by atoms with E-state index in [1.165, 1.54) is 12.3 Å². The monoisotopic (exact) mass is 82.0 g/mol. The highest BCUT2D eigenvalue weighted by Crippen LogP contribution is 1.62. The Morgan fingerprint density at radius 1 is 1.83 bits per heavy atom. The van der Waals surface area contributed by atoms with Crippen molar-refractivity contribution in [1.29, 1.82) is 0 Å². The molecule has 0 fully saturated rings. The standard InChI is InChI=1S/C4H4NO/c1-2-3-5-4-6/h3H,1H3. The van der Waals surface area contributed by atoms with Crippen molar-refractivity contribution in [2.75, 3.05) is 0 Å². The smallest absolute Gasteiger partial charge is 0.211 e. The van der Waals surface area contributed by atoms with Gasteiger partial charge in [-0.3, -0.25) is 0 Å². The second kappa shape index (κ2) is 4.12. The lowest BCUT2D eigenvalue weighted by molar-refractivity contribution is 0.565. The molecule has 31 valence electrons. The van der Waals surface area contributed by atoms with Crippen molar-refractivity contribution in [1.82, 2.24) is 0 Å². The third-order valence-corrected chi connectivity index (χ3v) is 0.246. The Kier molecular flexibility index (Phi) is 3.52. The predicted molar refractivity (Wildman–Crippen MR) is 21.6 cm³/mol. The van der Waals surface area contributed by atoms with Crippen LogP contribution in [0.1, 0.15) is 6.92 Å². The summed E-state index contributed by atoms with van der Waals surface area (Å²) in [4.78, 5) is 12.2. The van der Waals surface area contributed by atoms with Gasteiger partial charge in [0.2, 0.25) is 6.08 Å². The number of allylic oxidation sites excluding steroid dienone is 1. The van der Waals surface area contributed by atoms with Gasteiger partial charge in [-0.15, -0.1) is 0 Å². The zero-order valence-electron chi connectivity index (χ0n) is 3.43. The first kappa shape index (κ1) is 5.12. The summed E-state index contributed by atoms with van der Waals surface area (Å²) in [5.74, 6) is 0. The average molecular weight is 82.1 g/mol. The normalized spacial score (nSPS) is 8.17. The summed E-state index contributed by atoms with van der Waals surface area (Å²) in [5, 5.41) is 0. The number of aliphatic imine (C=N–C) groups is 1. The first-order chi connectivity index (χ1) is 2.91. The lowest BCUT2D eigenvalue weighted by Crippen LogP contribution is -1.43. The molecule has 0 aliphatic rings. The minimum Gasteiger partial charge on any atom is -0.211 e. The van der Waals surface area contributed by atoms with Crippen LogP contribution in [0.15, 0.2) is 11.2 Å². The minimum absolute atomic E-state index is 1.26. The van der Waals surface area contributed by atoms with Crippen LogP contribution in [0, 0.1) is 6.08 Å². The van der Waals surface area contributed by atoms with Crippen LogP contribution in [-0.4, -0.2) is 6.08 Å². The van der Waals surface area contributed by atoms with Crippen molar-refractivity contribution in [3.05, 3.63) is 12.3 Å². The van der Waals surface area contributed by atoms with Crippen LogP contribution in [0.2, 0.25) is 0 Å². The molecule has 6 heavy (non-hydrogen) atoms. The van der Waals surface area contributed by atoms with Crippen molar-refractivity contribution in [2.45, 2.75) is 6.92 Å². The van der Waals surface area contributed by atoms with E-state index in [2.05, 4.69) is 11.1 Å². The van der Waals surface area contributed by atoms with Gasteiger partial charge in [-0.25, -0.2) is 4.79 Å². The Labute approximate surface area is 36.2 Å².